The molecule has 18 heavy (non-hydrogen) atoms. The van der Waals surface area contributed by atoms with E-state index in [2.05, 4.69) is 15.4 Å². The van der Waals surface area contributed by atoms with Gasteiger partial charge in [-0.1, -0.05) is 23.7 Å². The largest absolute Gasteiger partial charge is 0.221 e. The van der Waals surface area contributed by atoms with Gasteiger partial charge in [-0.05, 0) is 30.0 Å². The van der Waals surface area contributed by atoms with E-state index in [9.17, 15) is 8.42 Å². The van der Waals surface area contributed by atoms with Crippen LogP contribution in [0.1, 0.15) is 22.8 Å². The van der Waals surface area contributed by atoms with E-state index in [1.165, 1.54) is 6.20 Å². The molecule has 1 N–H and O–H groups in total. The normalized spacial score (nSPS) is 18.8. The first-order chi connectivity index (χ1) is 8.60. The fourth-order valence-corrected chi connectivity index (χ4v) is 4.29. The molecule has 1 aromatic heterocycles. The van der Waals surface area contributed by atoms with E-state index >= 15 is 0 Å². The van der Waals surface area contributed by atoms with E-state index in [1.807, 2.05) is 6.07 Å². The van der Waals surface area contributed by atoms with Crippen molar-refractivity contribution in [2.45, 2.75) is 23.1 Å². The molecule has 1 aliphatic carbocycles. The van der Waals surface area contributed by atoms with Crippen molar-refractivity contribution in [3.63, 3.8) is 0 Å². The minimum atomic E-state index is -3.49. The summed E-state index contributed by atoms with van der Waals surface area (Å²) in [6.07, 6.45) is 2.45. The Morgan fingerprint density at radius 2 is 2.22 bits per heavy atom. The number of benzene rings is 1. The van der Waals surface area contributed by atoms with Gasteiger partial charge in [0.2, 0.25) is 9.84 Å². The molecule has 1 heterocycles. The number of aromatic nitrogens is 3. The van der Waals surface area contributed by atoms with E-state index < -0.39 is 15.1 Å². The molecule has 0 unspecified atom stereocenters. The van der Waals surface area contributed by atoms with E-state index in [4.69, 9.17) is 11.6 Å². The highest BCUT2D eigenvalue weighted by Gasteiger charge is 2.36. The Kier molecular flexibility index (Phi) is 2.64. The summed E-state index contributed by atoms with van der Waals surface area (Å²) in [7, 11) is -3.49. The minimum Gasteiger partial charge on any atom is -0.221 e. The predicted molar refractivity (Wildman–Crippen MR) is 66.1 cm³/mol. The maximum Gasteiger partial charge on any atom is 0.206 e. The summed E-state index contributed by atoms with van der Waals surface area (Å²) >= 11 is 6.08. The summed E-state index contributed by atoms with van der Waals surface area (Å²) in [5.74, 6) is 0. The number of nitrogens with zero attached hydrogens (tertiary/aromatic N) is 2. The van der Waals surface area contributed by atoms with Gasteiger partial charge in [0.05, 0.1) is 11.4 Å². The lowest BCUT2D eigenvalue weighted by Gasteiger charge is -2.10. The Labute approximate surface area is 109 Å². The molecule has 1 aliphatic rings. The monoisotopic (exact) mass is 283 g/mol. The van der Waals surface area contributed by atoms with Crippen molar-refractivity contribution in [1.82, 2.24) is 15.4 Å². The van der Waals surface area contributed by atoms with Gasteiger partial charge < -0.3 is 0 Å². The standard InChI is InChI=1S/C11H10ClN3O2S/c12-9-3-1-2-8-7(9)4-5-10(8)18(16,17)11-6-13-15-14-11/h1-3,6,10H,4-5H2,(H,13,14,15)/t10-/m1/s1. The fraction of sp³-hybridized carbons (Fsp3) is 0.273. The van der Waals surface area contributed by atoms with Crippen LogP contribution >= 0.6 is 11.6 Å². The molecule has 94 valence electrons. The number of aromatic amines is 1. The van der Waals surface area contributed by atoms with Gasteiger partial charge in [0.15, 0.2) is 5.03 Å². The molecule has 3 rings (SSSR count). The summed E-state index contributed by atoms with van der Waals surface area (Å²) < 4.78 is 24.8. The Morgan fingerprint density at radius 1 is 1.39 bits per heavy atom. The topological polar surface area (TPSA) is 75.7 Å². The molecular formula is C11H10ClN3O2S. The number of H-pyrrole nitrogens is 1. The van der Waals surface area contributed by atoms with Gasteiger partial charge in [-0.25, -0.2) is 8.42 Å². The molecule has 0 bridgehead atoms. The van der Waals surface area contributed by atoms with E-state index in [0.29, 0.717) is 17.9 Å². The van der Waals surface area contributed by atoms with Crippen molar-refractivity contribution in [2.24, 2.45) is 0 Å². The van der Waals surface area contributed by atoms with E-state index in [-0.39, 0.29) is 5.03 Å². The van der Waals surface area contributed by atoms with Crippen LogP contribution in [0.25, 0.3) is 0 Å². The SMILES string of the molecule is O=S(=O)(c1cn[nH]n1)[C@@H]1CCc2c(Cl)cccc21. The zero-order valence-corrected chi connectivity index (χ0v) is 10.9. The lowest BCUT2D eigenvalue weighted by molar-refractivity contribution is 0.576. The van der Waals surface area contributed by atoms with E-state index in [0.717, 1.165) is 11.1 Å². The van der Waals surface area contributed by atoms with Gasteiger partial charge in [-0.15, -0.1) is 5.10 Å². The predicted octanol–water partition coefficient (Wildman–Crippen LogP) is 1.92. The van der Waals surface area contributed by atoms with Gasteiger partial charge in [0.1, 0.15) is 0 Å². The highest BCUT2D eigenvalue weighted by atomic mass is 35.5. The fourth-order valence-electron chi connectivity index (χ4n) is 2.37. The Morgan fingerprint density at radius 3 is 2.94 bits per heavy atom. The molecule has 1 aromatic carbocycles. The van der Waals surface area contributed by atoms with Gasteiger partial charge in [0.25, 0.3) is 0 Å². The van der Waals surface area contributed by atoms with Gasteiger partial charge in [-0.2, -0.15) is 10.3 Å². The molecule has 0 saturated carbocycles. The van der Waals surface area contributed by atoms with E-state index in [1.54, 1.807) is 12.1 Å². The van der Waals surface area contributed by atoms with Crippen LogP contribution in [0.5, 0.6) is 0 Å². The van der Waals surface area contributed by atoms with Crippen LogP contribution in [0.2, 0.25) is 5.02 Å². The molecule has 0 amide bonds. The molecule has 0 fully saturated rings. The average Bonchev–Trinajstić information content (AvgIpc) is 2.99. The summed E-state index contributed by atoms with van der Waals surface area (Å²) in [6.45, 7) is 0. The van der Waals surface area contributed by atoms with Gasteiger partial charge in [0, 0.05) is 5.02 Å². The Hall–Kier alpha value is -1.40. The average molecular weight is 284 g/mol. The number of halogens is 1. The summed E-state index contributed by atoms with van der Waals surface area (Å²) in [6, 6.07) is 5.37. The first-order valence-corrected chi connectivity index (χ1v) is 7.40. The Bertz CT molecular complexity index is 682. The Balaban J connectivity index is 2.11. The van der Waals surface area contributed by atoms with Crippen LogP contribution in [0.3, 0.4) is 0 Å². The molecule has 0 radical (unpaired) electrons. The number of hydrogen-bond donors (Lipinski definition) is 1. The number of sulfone groups is 1. The maximum absolute atomic E-state index is 12.4. The van der Waals surface area contributed by atoms with Crippen LogP contribution in [0, 0.1) is 0 Å². The molecule has 0 saturated heterocycles. The molecule has 0 spiro atoms. The van der Waals surface area contributed by atoms with Crippen molar-refractivity contribution in [3.8, 4) is 0 Å². The molecule has 1 atom stereocenters. The first kappa shape index (κ1) is 11.7. The molecule has 2 aromatic rings. The zero-order chi connectivity index (χ0) is 12.8. The van der Waals surface area contributed by atoms with Crippen molar-refractivity contribution in [1.29, 1.82) is 0 Å². The molecular weight excluding hydrogens is 274 g/mol. The smallest absolute Gasteiger partial charge is 0.206 e. The van der Waals surface area contributed by atoms with Crippen molar-refractivity contribution < 1.29 is 8.42 Å². The summed E-state index contributed by atoms with van der Waals surface area (Å²) in [5, 5.41) is 9.60. The maximum atomic E-state index is 12.4. The quantitative estimate of drug-likeness (QED) is 0.913. The molecule has 5 nitrogen and oxygen atoms in total. The number of nitrogens with one attached hydrogen (secondary N) is 1. The van der Waals surface area contributed by atoms with Gasteiger partial charge in [-0.3, -0.25) is 0 Å². The molecule has 0 aliphatic heterocycles. The molecule has 7 heteroatoms. The zero-order valence-electron chi connectivity index (χ0n) is 9.30. The highest BCUT2D eigenvalue weighted by Crippen LogP contribution is 2.41. The number of rotatable bonds is 2. The lowest BCUT2D eigenvalue weighted by Crippen LogP contribution is -2.11. The number of hydrogen-bond acceptors (Lipinski definition) is 4. The van der Waals surface area contributed by atoms with Crippen molar-refractivity contribution in [2.75, 3.05) is 0 Å². The van der Waals surface area contributed by atoms with Crippen LogP contribution < -0.4 is 0 Å². The highest BCUT2D eigenvalue weighted by molar-refractivity contribution is 7.91. The third-order valence-corrected chi connectivity index (χ3v) is 5.59. The second-order valence-corrected chi connectivity index (χ2v) is 6.67. The van der Waals surface area contributed by atoms with Crippen molar-refractivity contribution in [3.05, 3.63) is 40.5 Å². The third-order valence-electron chi connectivity index (χ3n) is 3.22. The van der Waals surface area contributed by atoms with Crippen LogP contribution in [-0.2, 0) is 16.3 Å². The van der Waals surface area contributed by atoms with Crippen LogP contribution in [0.4, 0.5) is 0 Å². The second-order valence-electron chi connectivity index (χ2n) is 4.19. The van der Waals surface area contributed by atoms with Crippen molar-refractivity contribution >= 4 is 21.4 Å². The van der Waals surface area contributed by atoms with Crippen LogP contribution in [-0.4, -0.2) is 23.8 Å². The minimum absolute atomic E-state index is 0.0136. The summed E-state index contributed by atoms with van der Waals surface area (Å²) in [5.41, 5.74) is 1.71. The second kappa shape index (κ2) is 4.07. The van der Waals surface area contributed by atoms with Gasteiger partial charge >= 0.3 is 0 Å². The lowest BCUT2D eigenvalue weighted by atomic mass is 10.1. The first-order valence-electron chi connectivity index (χ1n) is 5.47. The summed E-state index contributed by atoms with van der Waals surface area (Å²) in [4.78, 5) is 0. The third kappa shape index (κ3) is 1.64. The number of fused-ring (bicyclic) bond motifs is 1. The van der Waals surface area contributed by atoms with Crippen LogP contribution in [0.15, 0.2) is 29.4 Å².